The van der Waals surface area contributed by atoms with Crippen molar-refractivity contribution in [3.8, 4) is 0 Å². The molecule has 2 rings (SSSR count). The Morgan fingerprint density at radius 2 is 2.05 bits per heavy atom. The molecule has 1 aliphatic carbocycles. The first-order valence-electron chi connectivity index (χ1n) is 8.49. The van der Waals surface area contributed by atoms with Crippen molar-refractivity contribution in [2.45, 2.75) is 78.3 Å². The lowest BCUT2D eigenvalue weighted by molar-refractivity contribution is 0.181. The summed E-state index contributed by atoms with van der Waals surface area (Å²) in [5, 5.41) is 3.84. The van der Waals surface area contributed by atoms with E-state index in [2.05, 4.69) is 41.8 Å². The van der Waals surface area contributed by atoms with E-state index in [-0.39, 0.29) is 0 Å². The minimum Gasteiger partial charge on any atom is -0.335 e. The van der Waals surface area contributed by atoms with E-state index in [1.54, 1.807) is 0 Å². The molecule has 1 atom stereocenters. The average Bonchev–Trinajstić information content (AvgIpc) is 3.12. The largest absolute Gasteiger partial charge is 0.335 e. The molecule has 1 N–H and O–H groups in total. The molecule has 0 saturated heterocycles. The second-order valence-corrected chi connectivity index (χ2v) is 6.26. The van der Waals surface area contributed by atoms with Crippen LogP contribution in [0.5, 0.6) is 0 Å². The van der Waals surface area contributed by atoms with Crippen LogP contribution >= 0.6 is 0 Å². The first-order chi connectivity index (χ1) is 9.75. The summed E-state index contributed by atoms with van der Waals surface area (Å²) in [7, 11) is 0. The maximum absolute atomic E-state index is 4.59. The Morgan fingerprint density at radius 1 is 1.30 bits per heavy atom. The summed E-state index contributed by atoms with van der Waals surface area (Å²) in [6.07, 6.45) is 13.2. The molecule has 20 heavy (non-hydrogen) atoms. The van der Waals surface area contributed by atoms with Gasteiger partial charge in [-0.1, -0.05) is 26.7 Å². The van der Waals surface area contributed by atoms with Crippen LogP contribution in [0, 0.1) is 5.41 Å². The highest BCUT2D eigenvalue weighted by molar-refractivity contribution is 5.02. The SMILES string of the molecule is CCCNC(Cc1nccn1CC)C1(CC)CCCC1. The van der Waals surface area contributed by atoms with E-state index < -0.39 is 0 Å². The van der Waals surface area contributed by atoms with Crippen LogP contribution in [0.1, 0.15) is 65.1 Å². The summed E-state index contributed by atoms with van der Waals surface area (Å²) in [4.78, 5) is 4.59. The summed E-state index contributed by atoms with van der Waals surface area (Å²) < 4.78 is 2.29. The number of aromatic nitrogens is 2. The maximum atomic E-state index is 4.59. The number of aryl methyl sites for hydroxylation is 1. The van der Waals surface area contributed by atoms with E-state index in [9.17, 15) is 0 Å². The third kappa shape index (κ3) is 3.25. The topological polar surface area (TPSA) is 29.9 Å². The van der Waals surface area contributed by atoms with Crippen molar-refractivity contribution in [2.24, 2.45) is 5.41 Å². The Bertz CT molecular complexity index is 391. The third-order valence-corrected chi connectivity index (χ3v) is 5.21. The molecule has 1 fully saturated rings. The van der Waals surface area contributed by atoms with Crippen LogP contribution in [0.3, 0.4) is 0 Å². The normalized spacial score (nSPS) is 19.4. The Labute approximate surface area is 124 Å². The average molecular weight is 277 g/mol. The molecule has 1 aromatic rings. The maximum Gasteiger partial charge on any atom is 0.110 e. The number of rotatable bonds is 8. The molecule has 0 radical (unpaired) electrons. The van der Waals surface area contributed by atoms with Gasteiger partial charge in [0.25, 0.3) is 0 Å². The van der Waals surface area contributed by atoms with Crippen LogP contribution < -0.4 is 5.32 Å². The molecule has 0 spiro atoms. The van der Waals surface area contributed by atoms with Crippen LogP contribution in [-0.2, 0) is 13.0 Å². The van der Waals surface area contributed by atoms with E-state index in [0.29, 0.717) is 11.5 Å². The molecule has 0 aromatic carbocycles. The molecule has 0 aliphatic heterocycles. The fourth-order valence-electron chi connectivity index (χ4n) is 3.85. The minimum absolute atomic E-state index is 0.500. The van der Waals surface area contributed by atoms with Crippen molar-refractivity contribution >= 4 is 0 Å². The summed E-state index contributed by atoms with van der Waals surface area (Å²) >= 11 is 0. The Kier molecular flexibility index (Phi) is 5.64. The quantitative estimate of drug-likeness (QED) is 0.783. The first kappa shape index (κ1) is 15.6. The van der Waals surface area contributed by atoms with Crippen LogP contribution in [0.4, 0.5) is 0 Å². The first-order valence-corrected chi connectivity index (χ1v) is 8.49. The fourth-order valence-corrected chi connectivity index (χ4v) is 3.85. The van der Waals surface area contributed by atoms with E-state index in [1.165, 1.54) is 44.3 Å². The monoisotopic (exact) mass is 277 g/mol. The number of imidazole rings is 1. The summed E-state index contributed by atoms with van der Waals surface area (Å²) in [6, 6.07) is 0.586. The van der Waals surface area contributed by atoms with E-state index in [0.717, 1.165) is 19.5 Å². The van der Waals surface area contributed by atoms with Gasteiger partial charge in [-0.3, -0.25) is 0 Å². The summed E-state index contributed by atoms with van der Waals surface area (Å²) in [5.41, 5.74) is 0.500. The van der Waals surface area contributed by atoms with Crippen molar-refractivity contribution in [3.63, 3.8) is 0 Å². The minimum atomic E-state index is 0.500. The molecule has 1 saturated carbocycles. The van der Waals surface area contributed by atoms with Gasteiger partial charge in [0.15, 0.2) is 0 Å². The van der Waals surface area contributed by atoms with Gasteiger partial charge in [-0.2, -0.15) is 0 Å². The van der Waals surface area contributed by atoms with Gasteiger partial charge < -0.3 is 9.88 Å². The summed E-state index contributed by atoms with van der Waals surface area (Å²) in [5.74, 6) is 1.25. The zero-order chi connectivity index (χ0) is 14.4. The molecule has 114 valence electrons. The van der Waals surface area contributed by atoms with Gasteiger partial charge in [-0.25, -0.2) is 4.98 Å². The van der Waals surface area contributed by atoms with Crippen LogP contribution in [0.2, 0.25) is 0 Å². The molecule has 0 bridgehead atoms. The smallest absolute Gasteiger partial charge is 0.110 e. The second-order valence-electron chi connectivity index (χ2n) is 6.26. The van der Waals surface area contributed by atoms with E-state index >= 15 is 0 Å². The lowest BCUT2D eigenvalue weighted by atomic mass is 9.74. The van der Waals surface area contributed by atoms with Crippen molar-refractivity contribution in [2.75, 3.05) is 6.54 Å². The predicted octanol–water partition coefficient (Wildman–Crippen LogP) is 3.78. The van der Waals surface area contributed by atoms with Crippen LogP contribution in [-0.4, -0.2) is 22.1 Å². The highest BCUT2D eigenvalue weighted by Crippen LogP contribution is 2.44. The van der Waals surface area contributed by atoms with E-state index in [1.807, 2.05) is 6.20 Å². The van der Waals surface area contributed by atoms with Gasteiger partial charge >= 0.3 is 0 Å². The molecule has 3 heteroatoms. The number of nitrogens with zero attached hydrogens (tertiary/aromatic N) is 2. The van der Waals surface area contributed by atoms with Crippen LogP contribution in [0.15, 0.2) is 12.4 Å². The Morgan fingerprint density at radius 3 is 2.65 bits per heavy atom. The second kappa shape index (κ2) is 7.26. The van der Waals surface area contributed by atoms with Crippen molar-refractivity contribution in [1.82, 2.24) is 14.9 Å². The van der Waals surface area contributed by atoms with Gasteiger partial charge in [-0.15, -0.1) is 0 Å². The lowest BCUT2D eigenvalue weighted by Gasteiger charge is -2.37. The van der Waals surface area contributed by atoms with Crippen molar-refractivity contribution < 1.29 is 0 Å². The fraction of sp³-hybridized carbons (Fsp3) is 0.824. The van der Waals surface area contributed by atoms with Gasteiger partial charge in [0, 0.05) is 31.4 Å². The van der Waals surface area contributed by atoms with Gasteiger partial charge in [-0.05, 0) is 44.6 Å². The zero-order valence-electron chi connectivity index (χ0n) is 13.5. The van der Waals surface area contributed by atoms with E-state index in [4.69, 9.17) is 0 Å². The number of nitrogens with one attached hydrogen (secondary N) is 1. The molecule has 1 unspecified atom stereocenters. The molecule has 3 nitrogen and oxygen atoms in total. The van der Waals surface area contributed by atoms with Crippen molar-refractivity contribution in [3.05, 3.63) is 18.2 Å². The third-order valence-electron chi connectivity index (χ3n) is 5.21. The Hall–Kier alpha value is -0.830. The summed E-state index contributed by atoms with van der Waals surface area (Å²) in [6.45, 7) is 8.97. The van der Waals surface area contributed by atoms with Gasteiger partial charge in [0.2, 0.25) is 0 Å². The van der Waals surface area contributed by atoms with Crippen molar-refractivity contribution in [1.29, 1.82) is 0 Å². The number of hydrogen-bond donors (Lipinski definition) is 1. The van der Waals surface area contributed by atoms with Gasteiger partial charge in [0.1, 0.15) is 5.82 Å². The molecule has 0 amide bonds. The van der Waals surface area contributed by atoms with Gasteiger partial charge in [0.05, 0.1) is 0 Å². The molecule has 1 aliphatic rings. The predicted molar refractivity (Wildman–Crippen MR) is 84.9 cm³/mol. The molecule has 1 aromatic heterocycles. The molecule has 1 heterocycles. The zero-order valence-corrected chi connectivity index (χ0v) is 13.5. The molecular weight excluding hydrogens is 246 g/mol. The van der Waals surface area contributed by atoms with Crippen LogP contribution in [0.25, 0.3) is 0 Å². The number of hydrogen-bond acceptors (Lipinski definition) is 2. The molecular formula is C17H31N3. The highest BCUT2D eigenvalue weighted by Gasteiger charge is 2.39. The Balaban J connectivity index is 2.14. The highest BCUT2D eigenvalue weighted by atomic mass is 15.1. The standard InChI is InChI=1S/C17H31N3/c1-4-11-18-15(17(5-2)9-7-8-10-17)14-16-19-12-13-20(16)6-3/h12-13,15,18H,4-11,14H2,1-3H3. The lowest BCUT2D eigenvalue weighted by Crippen LogP contribution is -2.46.